The first-order valence-electron chi connectivity index (χ1n) is 8.20. The number of ketones is 2. The van der Waals surface area contributed by atoms with Crippen LogP contribution >= 0.6 is 18.9 Å². The predicted molar refractivity (Wildman–Crippen MR) is 105 cm³/mol. The zero-order valence-corrected chi connectivity index (χ0v) is 17.8. The van der Waals surface area contributed by atoms with Crippen LogP contribution in [0.5, 0.6) is 0 Å². The first-order valence-corrected chi connectivity index (χ1v) is 10.7. The summed E-state index contributed by atoms with van der Waals surface area (Å²) in [7, 11) is -4.16. The van der Waals surface area contributed by atoms with Gasteiger partial charge < -0.3 is 15.0 Å². The fourth-order valence-corrected chi connectivity index (χ4v) is 4.64. The maximum atomic E-state index is 12.7. The summed E-state index contributed by atoms with van der Waals surface area (Å²) in [5, 5.41) is 2.63. The van der Waals surface area contributed by atoms with E-state index in [9.17, 15) is 19.0 Å². The molecule has 0 aliphatic heterocycles. The number of nitrogens with two attached hydrogens (primary N) is 1. The van der Waals surface area contributed by atoms with Gasteiger partial charge in [0.05, 0.1) is 5.54 Å². The number of hydrogen-bond acceptors (Lipinski definition) is 7. The Morgan fingerprint density at radius 1 is 1.26 bits per heavy atom. The molecule has 0 radical (unpaired) electrons. The summed E-state index contributed by atoms with van der Waals surface area (Å²) >= 11 is 1.04. The third-order valence-corrected chi connectivity index (χ3v) is 6.55. The molecule has 2 aromatic rings. The van der Waals surface area contributed by atoms with Crippen LogP contribution in [0.1, 0.15) is 51.2 Å². The molecule has 0 aromatic carbocycles. The molecule has 0 saturated heterocycles. The van der Waals surface area contributed by atoms with Gasteiger partial charge in [0.15, 0.2) is 16.7 Å². The molecular formula is C17H24N3O5PS. The van der Waals surface area contributed by atoms with Crippen LogP contribution in [0.4, 0.5) is 5.13 Å². The van der Waals surface area contributed by atoms with Crippen LogP contribution in [0.25, 0.3) is 11.5 Å². The lowest BCUT2D eigenvalue weighted by Gasteiger charge is -2.25. The van der Waals surface area contributed by atoms with E-state index in [0.717, 1.165) is 11.3 Å². The van der Waals surface area contributed by atoms with Crippen molar-refractivity contribution in [3.05, 3.63) is 17.0 Å². The summed E-state index contributed by atoms with van der Waals surface area (Å²) in [6.07, 6.45) is 0. The van der Waals surface area contributed by atoms with Crippen molar-refractivity contribution in [3.63, 3.8) is 0 Å². The third kappa shape index (κ3) is 4.55. The van der Waals surface area contributed by atoms with Gasteiger partial charge in [-0.25, -0.2) is 10.1 Å². The highest BCUT2D eigenvalue weighted by molar-refractivity contribution is 7.63. The van der Waals surface area contributed by atoms with E-state index in [1.54, 1.807) is 20.8 Å². The van der Waals surface area contributed by atoms with Crippen LogP contribution in [0.3, 0.4) is 0 Å². The number of anilines is 1. The van der Waals surface area contributed by atoms with Crippen LogP contribution in [0.2, 0.25) is 0 Å². The molecule has 148 valence electrons. The minimum atomic E-state index is -4.16. The zero-order chi connectivity index (χ0) is 20.8. The lowest BCUT2D eigenvalue weighted by atomic mass is 9.89. The van der Waals surface area contributed by atoms with Gasteiger partial charge in [-0.05, 0) is 32.9 Å². The molecule has 8 nitrogen and oxygen atoms in total. The second-order valence-corrected chi connectivity index (χ2v) is 10.7. The summed E-state index contributed by atoms with van der Waals surface area (Å²) in [5.41, 5.74) is 3.89. The number of nitrogens with zero attached hydrogens (tertiary/aromatic N) is 1. The molecule has 2 rings (SSSR count). The van der Waals surface area contributed by atoms with Gasteiger partial charge in [0, 0.05) is 5.41 Å². The van der Waals surface area contributed by atoms with Gasteiger partial charge in [0.1, 0.15) is 16.4 Å². The highest BCUT2D eigenvalue weighted by Crippen LogP contribution is 2.40. The van der Waals surface area contributed by atoms with Crippen LogP contribution in [0, 0.1) is 5.41 Å². The number of furan rings is 1. The van der Waals surface area contributed by atoms with Gasteiger partial charge in [0.25, 0.3) is 0 Å². The molecule has 0 saturated carbocycles. The number of nitrogen functional groups attached to an aromatic ring is 1. The van der Waals surface area contributed by atoms with Gasteiger partial charge in [-0.3, -0.25) is 14.2 Å². The average molecular weight is 413 g/mol. The van der Waals surface area contributed by atoms with E-state index >= 15 is 0 Å². The zero-order valence-electron chi connectivity index (χ0n) is 16.1. The number of nitrogens with one attached hydrogen (secondary N) is 1. The maximum Gasteiger partial charge on any atom is 0.332 e. The highest BCUT2D eigenvalue weighted by Gasteiger charge is 2.36. The Kier molecular flexibility index (Phi) is 5.56. The van der Waals surface area contributed by atoms with Crippen LogP contribution < -0.4 is 16.3 Å². The molecule has 1 unspecified atom stereocenters. The standard InChI is InChI=1S/C17H24N3O5PS/c1-9(21)17(5,6)20-26(23,24)11-8-7-10(25-11)12-13(27-15(18)19-12)14(22)16(2,3)4/h7-8H,1-6H3,(H2,18,19)(H2,20,23,24). The Bertz CT molecular complexity index is 939. The van der Waals surface area contributed by atoms with Gasteiger partial charge in [-0.2, -0.15) is 0 Å². The Labute approximate surface area is 161 Å². The van der Waals surface area contributed by atoms with Gasteiger partial charge in [0.2, 0.25) is 5.50 Å². The van der Waals surface area contributed by atoms with Gasteiger partial charge in [-0.15, -0.1) is 0 Å². The molecule has 0 aliphatic carbocycles. The average Bonchev–Trinajstić information content (AvgIpc) is 3.10. The van der Waals surface area contributed by atoms with E-state index in [1.807, 2.05) is 0 Å². The first kappa shape index (κ1) is 21.5. The molecule has 0 amide bonds. The number of hydrogen-bond donors (Lipinski definition) is 3. The minimum absolute atomic E-state index is 0.155. The van der Waals surface area contributed by atoms with E-state index in [2.05, 4.69) is 10.1 Å². The van der Waals surface area contributed by atoms with Gasteiger partial charge in [-0.1, -0.05) is 32.1 Å². The highest BCUT2D eigenvalue weighted by atomic mass is 32.1. The summed E-state index contributed by atoms with van der Waals surface area (Å²) in [6, 6.07) is 2.77. The Balaban J connectivity index is 2.44. The lowest BCUT2D eigenvalue weighted by molar-refractivity contribution is -0.121. The van der Waals surface area contributed by atoms with Crippen molar-refractivity contribution in [1.29, 1.82) is 0 Å². The molecule has 2 aromatic heterocycles. The van der Waals surface area contributed by atoms with Crippen molar-refractivity contribution < 1.29 is 23.5 Å². The molecule has 0 aliphatic rings. The molecule has 0 bridgehead atoms. The van der Waals surface area contributed by atoms with Gasteiger partial charge >= 0.3 is 7.52 Å². The second kappa shape index (κ2) is 6.98. The molecular weight excluding hydrogens is 389 g/mol. The van der Waals surface area contributed by atoms with Crippen molar-refractivity contribution in [1.82, 2.24) is 10.1 Å². The summed E-state index contributed by atoms with van der Waals surface area (Å²) in [5.74, 6) is -0.302. The van der Waals surface area contributed by atoms with E-state index < -0.39 is 18.5 Å². The smallest absolute Gasteiger partial charge is 0.332 e. The van der Waals surface area contributed by atoms with Crippen molar-refractivity contribution in [3.8, 4) is 11.5 Å². The SMILES string of the molecule is CC(=O)C(C)(C)NP(=O)(O)c1ccc(-c2nc(N)sc2C(=O)C(C)(C)C)o1. The number of Topliss-reactive ketones (excluding diaryl/α,β-unsaturated/α-hetero) is 2. The third-order valence-electron chi connectivity index (χ3n) is 3.97. The normalized spacial score (nSPS) is 14.8. The molecule has 0 fully saturated rings. The minimum Gasteiger partial charge on any atom is -0.448 e. The van der Waals surface area contributed by atoms with Crippen molar-refractivity contribution in [2.45, 2.75) is 47.1 Å². The quantitative estimate of drug-likeness (QED) is 0.486. The molecule has 4 N–H and O–H groups in total. The number of thiazole rings is 1. The largest absolute Gasteiger partial charge is 0.448 e. The summed E-state index contributed by atoms with van der Waals surface area (Å²) in [4.78, 5) is 39.1. The van der Waals surface area contributed by atoms with Crippen LogP contribution in [0.15, 0.2) is 16.5 Å². The Morgan fingerprint density at radius 3 is 2.37 bits per heavy atom. The van der Waals surface area contributed by atoms with E-state index in [0.29, 0.717) is 4.88 Å². The van der Waals surface area contributed by atoms with Crippen molar-refractivity contribution in [2.24, 2.45) is 5.41 Å². The lowest BCUT2D eigenvalue weighted by Crippen LogP contribution is -2.44. The summed E-state index contributed by atoms with van der Waals surface area (Å²) in [6.45, 7) is 9.66. The molecule has 10 heteroatoms. The molecule has 2 heterocycles. The van der Waals surface area contributed by atoms with E-state index in [-0.39, 0.29) is 33.7 Å². The van der Waals surface area contributed by atoms with Crippen molar-refractivity contribution in [2.75, 3.05) is 5.73 Å². The number of carbonyl (C=O) groups excluding carboxylic acids is 2. The summed E-state index contributed by atoms with van der Waals surface area (Å²) < 4.78 is 18.2. The predicted octanol–water partition coefficient (Wildman–Crippen LogP) is 2.98. The van der Waals surface area contributed by atoms with E-state index in [1.165, 1.54) is 32.9 Å². The Morgan fingerprint density at radius 2 is 1.85 bits per heavy atom. The monoisotopic (exact) mass is 413 g/mol. The van der Waals surface area contributed by atoms with Crippen molar-refractivity contribution >= 4 is 41.1 Å². The Hall–Kier alpha value is -1.80. The maximum absolute atomic E-state index is 12.7. The number of aromatic nitrogens is 1. The molecule has 0 spiro atoms. The van der Waals surface area contributed by atoms with Crippen LogP contribution in [-0.2, 0) is 9.36 Å². The second-order valence-electron chi connectivity index (χ2n) is 7.82. The fourth-order valence-electron chi connectivity index (χ4n) is 2.13. The first-order chi connectivity index (χ1) is 12.1. The number of rotatable bonds is 6. The van der Waals surface area contributed by atoms with E-state index in [4.69, 9.17) is 10.2 Å². The molecule has 27 heavy (non-hydrogen) atoms. The topological polar surface area (TPSA) is 136 Å². The molecule has 1 atom stereocenters. The number of carbonyl (C=O) groups is 2. The van der Waals surface area contributed by atoms with Crippen LogP contribution in [-0.4, -0.2) is 27.0 Å². The fraction of sp³-hybridized carbons (Fsp3) is 0.471.